The van der Waals surface area contributed by atoms with Gasteiger partial charge in [-0.05, 0) is 30.2 Å². The van der Waals surface area contributed by atoms with Crippen molar-refractivity contribution >= 4 is 38.8 Å². The number of para-hydroxylation sites is 2. The third-order valence-electron chi connectivity index (χ3n) is 4.98. The lowest BCUT2D eigenvalue weighted by molar-refractivity contribution is -0.384. The summed E-state index contributed by atoms with van der Waals surface area (Å²) in [4.78, 5) is 41.6. The number of fused-ring (bicyclic) bond motifs is 1. The molecule has 9 nitrogen and oxygen atoms in total. The van der Waals surface area contributed by atoms with Gasteiger partial charge in [0.05, 0.1) is 40.9 Å². The molecule has 0 saturated heterocycles. The zero-order valence-electron chi connectivity index (χ0n) is 17.2. The molecule has 0 atom stereocenters. The molecule has 0 aliphatic carbocycles. The number of nitrogens with one attached hydrogen (secondary N) is 1. The van der Waals surface area contributed by atoms with Crippen LogP contribution >= 0.6 is 11.3 Å². The summed E-state index contributed by atoms with van der Waals surface area (Å²) in [6.07, 6.45) is 1.42. The van der Waals surface area contributed by atoms with Gasteiger partial charge in [-0.2, -0.15) is 0 Å². The van der Waals surface area contributed by atoms with Crippen LogP contribution in [0.2, 0.25) is 0 Å². The number of non-ortho nitro benzene ring substituents is 1. The van der Waals surface area contributed by atoms with Crippen LogP contribution in [-0.2, 0) is 6.54 Å². The number of benzene rings is 2. The summed E-state index contributed by atoms with van der Waals surface area (Å²) in [7, 11) is 1.52. The van der Waals surface area contributed by atoms with Crippen LogP contribution in [0.25, 0.3) is 10.2 Å². The van der Waals surface area contributed by atoms with Gasteiger partial charge in [-0.1, -0.05) is 24.3 Å². The molecule has 32 heavy (non-hydrogen) atoms. The van der Waals surface area contributed by atoms with Gasteiger partial charge < -0.3 is 10.1 Å². The Morgan fingerprint density at radius 2 is 1.94 bits per heavy atom. The number of rotatable bonds is 6. The number of amides is 1. The number of anilines is 1. The number of carbonyl (C=O) groups is 1. The Balaban J connectivity index is 1.65. The lowest BCUT2D eigenvalue weighted by atomic mass is 10.2. The van der Waals surface area contributed by atoms with E-state index in [-0.39, 0.29) is 23.7 Å². The molecule has 2 aromatic carbocycles. The molecule has 10 heteroatoms. The van der Waals surface area contributed by atoms with Gasteiger partial charge in [0.15, 0.2) is 0 Å². The van der Waals surface area contributed by atoms with E-state index in [0.29, 0.717) is 32.1 Å². The van der Waals surface area contributed by atoms with Crippen molar-refractivity contribution in [3.8, 4) is 5.75 Å². The summed E-state index contributed by atoms with van der Waals surface area (Å²) >= 11 is 1.15. The first-order valence-corrected chi connectivity index (χ1v) is 10.4. The normalized spacial score (nSPS) is 10.8. The van der Waals surface area contributed by atoms with E-state index in [0.717, 1.165) is 16.9 Å². The highest BCUT2D eigenvalue weighted by Crippen LogP contribution is 2.29. The highest BCUT2D eigenvalue weighted by Gasteiger charge is 2.20. The fraction of sp³-hybridized carbons (Fsp3) is 0.136. The van der Waals surface area contributed by atoms with Crippen LogP contribution < -0.4 is 15.6 Å². The predicted octanol–water partition coefficient (Wildman–Crippen LogP) is 3.98. The van der Waals surface area contributed by atoms with Crippen LogP contribution in [-0.4, -0.2) is 27.5 Å². The number of ether oxygens (including phenoxy) is 1. The first-order chi connectivity index (χ1) is 15.4. The molecule has 0 aliphatic heterocycles. The quantitative estimate of drug-likeness (QED) is 0.351. The standard InChI is InChI=1S/C22H18N4O5S/c1-13-18-21(32-19(13)20(27)24-16-5-3-4-6-17(16)31-2)23-12-25(22(18)28)11-14-7-9-15(10-8-14)26(29)30/h3-10,12H,11H2,1-2H3,(H,24,27). The molecule has 0 bridgehead atoms. The van der Waals surface area contributed by atoms with Crippen molar-refractivity contribution in [2.24, 2.45) is 0 Å². The average Bonchev–Trinajstić information content (AvgIpc) is 3.13. The Bertz CT molecular complexity index is 1390. The number of methoxy groups -OCH3 is 1. The van der Waals surface area contributed by atoms with Crippen LogP contribution in [0.3, 0.4) is 0 Å². The van der Waals surface area contributed by atoms with Crippen LogP contribution in [0.4, 0.5) is 11.4 Å². The van der Waals surface area contributed by atoms with E-state index in [4.69, 9.17) is 4.74 Å². The van der Waals surface area contributed by atoms with E-state index in [1.165, 1.54) is 30.1 Å². The number of nitro groups is 1. The van der Waals surface area contributed by atoms with Gasteiger partial charge in [-0.25, -0.2) is 4.98 Å². The summed E-state index contributed by atoms with van der Waals surface area (Å²) in [6, 6.07) is 13.0. The second-order valence-electron chi connectivity index (χ2n) is 6.99. The second-order valence-corrected chi connectivity index (χ2v) is 7.99. The number of aromatic nitrogens is 2. The molecule has 0 radical (unpaired) electrons. The molecule has 4 rings (SSSR count). The number of thiophene rings is 1. The molecule has 0 unspecified atom stereocenters. The van der Waals surface area contributed by atoms with Gasteiger partial charge in [0.2, 0.25) is 0 Å². The summed E-state index contributed by atoms with van der Waals surface area (Å²) in [5, 5.41) is 14.0. The van der Waals surface area contributed by atoms with Gasteiger partial charge in [0.25, 0.3) is 17.2 Å². The van der Waals surface area contributed by atoms with E-state index < -0.39 is 4.92 Å². The molecule has 4 aromatic rings. The Morgan fingerprint density at radius 3 is 2.62 bits per heavy atom. The fourth-order valence-electron chi connectivity index (χ4n) is 3.34. The molecule has 1 amide bonds. The molecular weight excluding hydrogens is 432 g/mol. The number of hydrogen-bond acceptors (Lipinski definition) is 7. The lowest BCUT2D eigenvalue weighted by Gasteiger charge is -2.09. The van der Waals surface area contributed by atoms with E-state index in [2.05, 4.69) is 10.3 Å². The molecular formula is C22H18N4O5S. The molecule has 2 heterocycles. The Morgan fingerprint density at radius 1 is 1.22 bits per heavy atom. The minimum Gasteiger partial charge on any atom is -0.495 e. The van der Waals surface area contributed by atoms with Gasteiger partial charge in [0, 0.05) is 12.1 Å². The Labute approximate surface area is 186 Å². The summed E-state index contributed by atoms with van der Waals surface area (Å²) < 4.78 is 6.69. The van der Waals surface area contributed by atoms with Crippen molar-refractivity contribution in [1.82, 2.24) is 9.55 Å². The first kappa shape index (κ1) is 21.2. The van der Waals surface area contributed by atoms with Crippen LogP contribution in [0, 0.1) is 17.0 Å². The Kier molecular flexibility index (Phi) is 5.69. The number of hydrogen-bond donors (Lipinski definition) is 1. The topological polar surface area (TPSA) is 116 Å². The largest absolute Gasteiger partial charge is 0.495 e. The van der Waals surface area contributed by atoms with E-state index in [9.17, 15) is 19.7 Å². The third kappa shape index (κ3) is 3.95. The number of carbonyl (C=O) groups excluding carboxylic acids is 1. The van der Waals surface area contributed by atoms with Crippen molar-refractivity contribution in [2.75, 3.05) is 12.4 Å². The maximum absolute atomic E-state index is 13.1. The number of aryl methyl sites for hydroxylation is 1. The van der Waals surface area contributed by atoms with Crippen molar-refractivity contribution in [3.05, 3.63) is 91.3 Å². The van der Waals surface area contributed by atoms with Crippen molar-refractivity contribution in [3.63, 3.8) is 0 Å². The molecule has 2 aromatic heterocycles. The molecule has 0 aliphatic rings. The van der Waals surface area contributed by atoms with Gasteiger partial charge in [0.1, 0.15) is 10.6 Å². The lowest BCUT2D eigenvalue weighted by Crippen LogP contribution is -2.21. The number of nitro benzene ring substituents is 1. The summed E-state index contributed by atoms with van der Waals surface area (Å²) in [6.45, 7) is 1.92. The molecule has 0 fully saturated rings. The van der Waals surface area contributed by atoms with Crippen LogP contribution in [0.15, 0.2) is 59.7 Å². The van der Waals surface area contributed by atoms with E-state index in [1.807, 2.05) is 0 Å². The van der Waals surface area contributed by atoms with Crippen molar-refractivity contribution in [1.29, 1.82) is 0 Å². The maximum atomic E-state index is 13.1. The fourth-order valence-corrected chi connectivity index (χ4v) is 4.37. The average molecular weight is 450 g/mol. The summed E-state index contributed by atoms with van der Waals surface area (Å²) in [5.74, 6) is 0.180. The maximum Gasteiger partial charge on any atom is 0.269 e. The van der Waals surface area contributed by atoms with Crippen LogP contribution in [0.1, 0.15) is 20.8 Å². The zero-order chi connectivity index (χ0) is 22.8. The molecule has 0 spiro atoms. The SMILES string of the molecule is COc1ccccc1NC(=O)c1sc2ncn(Cc3ccc([N+](=O)[O-])cc3)c(=O)c2c1C. The van der Waals surface area contributed by atoms with E-state index in [1.54, 1.807) is 43.3 Å². The molecule has 1 N–H and O–H groups in total. The smallest absolute Gasteiger partial charge is 0.269 e. The minimum absolute atomic E-state index is 0.0194. The van der Waals surface area contributed by atoms with E-state index >= 15 is 0 Å². The molecule has 162 valence electrons. The molecule has 0 saturated carbocycles. The second kappa shape index (κ2) is 8.60. The highest BCUT2D eigenvalue weighted by molar-refractivity contribution is 7.20. The predicted molar refractivity (Wildman–Crippen MR) is 122 cm³/mol. The van der Waals surface area contributed by atoms with Crippen molar-refractivity contribution in [2.45, 2.75) is 13.5 Å². The van der Waals surface area contributed by atoms with Gasteiger partial charge in [-0.15, -0.1) is 11.3 Å². The minimum atomic E-state index is -0.476. The summed E-state index contributed by atoms with van der Waals surface area (Å²) in [5.41, 5.74) is 1.50. The number of nitrogens with zero attached hydrogens (tertiary/aromatic N) is 3. The third-order valence-corrected chi connectivity index (χ3v) is 6.18. The van der Waals surface area contributed by atoms with Gasteiger partial charge >= 0.3 is 0 Å². The first-order valence-electron chi connectivity index (χ1n) is 9.55. The zero-order valence-corrected chi connectivity index (χ0v) is 18.0. The van der Waals surface area contributed by atoms with Crippen LogP contribution in [0.5, 0.6) is 5.75 Å². The Hall–Kier alpha value is -4.05. The van der Waals surface area contributed by atoms with Crippen molar-refractivity contribution < 1.29 is 14.5 Å². The highest BCUT2D eigenvalue weighted by atomic mass is 32.1. The monoisotopic (exact) mass is 450 g/mol. The van der Waals surface area contributed by atoms with Gasteiger partial charge in [-0.3, -0.25) is 24.3 Å².